The number of sulfonamides is 1. The molecule has 122 valence electrons. The topological polar surface area (TPSA) is 86.6 Å². The Bertz CT molecular complexity index is 629. The SMILES string of the molecule is CS(=O)(=O)N1CCC(c2nccnc2N2CCC(O)C2)CC1. The summed E-state index contributed by atoms with van der Waals surface area (Å²) in [6, 6.07) is 0. The van der Waals surface area contributed by atoms with E-state index in [1.54, 1.807) is 12.4 Å². The number of aliphatic hydroxyl groups excluding tert-OH is 1. The number of aliphatic hydroxyl groups is 1. The number of hydrogen-bond donors (Lipinski definition) is 1. The molecule has 0 saturated carbocycles. The molecule has 1 aromatic heterocycles. The van der Waals surface area contributed by atoms with Gasteiger partial charge >= 0.3 is 0 Å². The van der Waals surface area contributed by atoms with Crippen LogP contribution in [0.5, 0.6) is 0 Å². The summed E-state index contributed by atoms with van der Waals surface area (Å²) < 4.78 is 24.7. The van der Waals surface area contributed by atoms with E-state index in [0.717, 1.165) is 37.3 Å². The van der Waals surface area contributed by atoms with Gasteiger partial charge < -0.3 is 10.0 Å². The van der Waals surface area contributed by atoms with E-state index in [2.05, 4.69) is 14.9 Å². The van der Waals surface area contributed by atoms with Crippen LogP contribution in [0.15, 0.2) is 12.4 Å². The van der Waals surface area contributed by atoms with Gasteiger partial charge in [0.2, 0.25) is 10.0 Å². The first-order chi connectivity index (χ1) is 10.4. The van der Waals surface area contributed by atoms with Gasteiger partial charge in [0.05, 0.1) is 18.1 Å². The maximum absolute atomic E-state index is 11.6. The third-order valence-electron chi connectivity index (χ3n) is 4.48. The molecule has 0 amide bonds. The van der Waals surface area contributed by atoms with Crippen LogP contribution in [-0.2, 0) is 10.0 Å². The Labute approximate surface area is 131 Å². The van der Waals surface area contributed by atoms with Crippen molar-refractivity contribution in [1.29, 1.82) is 0 Å². The van der Waals surface area contributed by atoms with Gasteiger partial charge in [-0.3, -0.25) is 4.98 Å². The Morgan fingerprint density at radius 1 is 1.14 bits per heavy atom. The summed E-state index contributed by atoms with van der Waals surface area (Å²) >= 11 is 0. The van der Waals surface area contributed by atoms with Crippen molar-refractivity contribution in [3.05, 3.63) is 18.1 Å². The van der Waals surface area contributed by atoms with Crippen LogP contribution < -0.4 is 4.90 Å². The molecule has 7 nitrogen and oxygen atoms in total. The molecule has 0 bridgehead atoms. The largest absolute Gasteiger partial charge is 0.391 e. The smallest absolute Gasteiger partial charge is 0.211 e. The quantitative estimate of drug-likeness (QED) is 0.853. The predicted octanol–water partition coefficient (Wildman–Crippen LogP) is 0.187. The third kappa shape index (κ3) is 3.23. The summed E-state index contributed by atoms with van der Waals surface area (Å²) in [6.45, 7) is 2.44. The molecule has 2 saturated heterocycles. The van der Waals surface area contributed by atoms with Gasteiger partial charge in [-0.25, -0.2) is 17.7 Å². The van der Waals surface area contributed by atoms with Crippen molar-refractivity contribution in [2.24, 2.45) is 0 Å². The molecule has 2 aliphatic heterocycles. The molecule has 1 aromatic rings. The Morgan fingerprint density at radius 3 is 2.41 bits per heavy atom. The second kappa shape index (κ2) is 6.10. The maximum Gasteiger partial charge on any atom is 0.211 e. The van der Waals surface area contributed by atoms with Gasteiger partial charge in [-0.05, 0) is 19.3 Å². The molecule has 1 N–H and O–H groups in total. The van der Waals surface area contributed by atoms with Crippen LogP contribution in [0.1, 0.15) is 30.9 Å². The van der Waals surface area contributed by atoms with Crippen molar-refractivity contribution < 1.29 is 13.5 Å². The predicted molar refractivity (Wildman–Crippen MR) is 83.3 cm³/mol. The molecule has 0 aromatic carbocycles. The minimum absolute atomic E-state index is 0.222. The number of hydrogen-bond acceptors (Lipinski definition) is 6. The minimum Gasteiger partial charge on any atom is -0.391 e. The monoisotopic (exact) mass is 326 g/mol. The number of piperidine rings is 1. The highest BCUT2D eigenvalue weighted by Gasteiger charge is 2.31. The fourth-order valence-electron chi connectivity index (χ4n) is 3.27. The molecule has 2 fully saturated rings. The van der Waals surface area contributed by atoms with Gasteiger partial charge in [-0.2, -0.15) is 0 Å². The van der Waals surface area contributed by atoms with Gasteiger partial charge in [0.15, 0.2) is 5.82 Å². The molecular formula is C14H22N4O3S. The molecule has 22 heavy (non-hydrogen) atoms. The fourth-order valence-corrected chi connectivity index (χ4v) is 4.14. The highest BCUT2D eigenvalue weighted by molar-refractivity contribution is 7.88. The summed E-state index contributed by atoms with van der Waals surface area (Å²) in [6.07, 6.45) is 6.59. The highest BCUT2D eigenvalue weighted by Crippen LogP contribution is 2.33. The van der Waals surface area contributed by atoms with E-state index >= 15 is 0 Å². The second-order valence-electron chi connectivity index (χ2n) is 6.09. The molecule has 1 atom stereocenters. The summed E-state index contributed by atoms with van der Waals surface area (Å²) in [4.78, 5) is 11.0. The lowest BCUT2D eigenvalue weighted by Gasteiger charge is -2.31. The van der Waals surface area contributed by atoms with Crippen molar-refractivity contribution in [1.82, 2.24) is 14.3 Å². The molecule has 0 aliphatic carbocycles. The summed E-state index contributed by atoms with van der Waals surface area (Å²) in [7, 11) is -3.11. The van der Waals surface area contributed by atoms with Crippen LogP contribution in [0, 0.1) is 0 Å². The van der Waals surface area contributed by atoms with E-state index in [9.17, 15) is 13.5 Å². The van der Waals surface area contributed by atoms with E-state index in [1.165, 1.54) is 10.6 Å². The van der Waals surface area contributed by atoms with Crippen molar-refractivity contribution >= 4 is 15.8 Å². The zero-order chi connectivity index (χ0) is 15.7. The molecule has 0 spiro atoms. The van der Waals surface area contributed by atoms with E-state index in [-0.39, 0.29) is 12.0 Å². The van der Waals surface area contributed by atoms with Gasteiger partial charge in [0, 0.05) is 44.5 Å². The zero-order valence-electron chi connectivity index (χ0n) is 12.7. The number of β-amino-alcohol motifs (C(OH)–C–C–N with tert-alkyl or cyclic N) is 1. The van der Waals surface area contributed by atoms with Crippen LogP contribution >= 0.6 is 0 Å². The van der Waals surface area contributed by atoms with Crippen LogP contribution in [0.25, 0.3) is 0 Å². The molecule has 3 heterocycles. The third-order valence-corrected chi connectivity index (χ3v) is 5.78. The number of anilines is 1. The van der Waals surface area contributed by atoms with Crippen LogP contribution in [0.4, 0.5) is 5.82 Å². The average molecular weight is 326 g/mol. The van der Waals surface area contributed by atoms with E-state index < -0.39 is 10.0 Å². The van der Waals surface area contributed by atoms with Crippen LogP contribution in [0.3, 0.4) is 0 Å². The molecular weight excluding hydrogens is 304 g/mol. The molecule has 0 radical (unpaired) electrons. The Hall–Kier alpha value is -1.25. The lowest BCUT2D eigenvalue weighted by atomic mass is 9.94. The Kier molecular flexibility index (Phi) is 4.33. The summed E-state index contributed by atoms with van der Waals surface area (Å²) in [5.41, 5.74) is 0.935. The minimum atomic E-state index is -3.11. The van der Waals surface area contributed by atoms with Gasteiger partial charge in [-0.1, -0.05) is 0 Å². The van der Waals surface area contributed by atoms with Gasteiger partial charge in [0.25, 0.3) is 0 Å². The lowest BCUT2D eigenvalue weighted by Crippen LogP contribution is -2.37. The maximum atomic E-state index is 11.6. The van der Waals surface area contributed by atoms with Crippen molar-refractivity contribution in [2.45, 2.75) is 31.3 Å². The normalized spacial score (nSPS) is 24.8. The first-order valence-corrected chi connectivity index (χ1v) is 9.49. The van der Waals surface area contributed by atoms with Crippen molar-refractivity contribution in [3.8, 4) is 0 Å². The zero-order valence-corrected chi connectivity index (χ0v) is 13.5. The average Bonchev–Trinajstić information content (AvgIpc) is 2.93. The molecule has 2 aliphatic rings. The fraction of sp³-hybridized carbons (Fsp3) is 0.714. The molecule has 1 unspecified atom stereocenters. The van der Waals surface area contributed by atoms with E-state index in [0.29, 0.717) is 19.6 Å². The highest BCUT2D eigenvalue weighted by atomic mass is 32.2. The van der Waals surface area contributed by atoms with E-state index in [4.69, 9.17) is 0 Å². The lowest BCUT2D eigenvalue weighted by molar-refractivity contribution is 0.198. The summed E-state index contributed by atoms with van der Waals surface area (Å²) in [5, 5.41) is 9.72. The van der Waals surface area contributed by atoms with Crippen LogP contribution in [0.2, 0.25) is 0 Å². The first kappa shape index (κ1) is 15.6. The molecule has 3 rings (SSSR count). The Balaban J connectivity index is 1.76. The number of nitrogens with zero attached hydrogens (tertiary/aromatic N) is 4. The summed E-state index contributed by atoms with van der Waals surface area (Å²) in [5.74, 6) is 1.07. The number of rotatable bonds is 3. The van der Waals surface area contributed by atoms with Gasteiger partial charge in [-0.15, -0.1) is 0 Å². The van der Waals surface area contributed by atoms with Crippen LogP contribution in [-0.4, -0.2) is 66.3 Å². The first-order valence-electron chi connectivity index (χ1n) is 7.64. The van der Waals surface area contributed by atoms with Crippen molar-refractivity contribution in [2.75, 3.05) is 37.3 Å². The second-order valence-corrected chi connectivity index (χ2v) is 8.07. The van der Waals surface area contributed by atoms with Gasteiger partial charge in [0.1, 0.15) is 0 Å². The molecule has 8 heteroatoms. The standard InChI is InChI=1S/C14H22N4O3S/c1-22(20,21)18-8-2-11(3-9-18)13-14(16-6-5-15-13)17-7-4-12(19)10-17/h5-6,11-12,19H,2-4,7-10H2,1H3. The van der Waals surface area contributed by atoms with E-state index in [1.807, 2.05) is 0 Å². The van der Waals surface area contributed by atoms with Crippen molar-refractivity contribution in [3.63, 3.8) is 0 Å². The number of aromatic nitrogens is 2. The Morgan fingerprint density at radius 2 is 1.82 bits per heavy atom.